The van der Waals surface area contributed by atoms with Crippen LogP contribution in [0.25, 0.3) is 0 Å². The quantitative estimate of drug-likeness (QED) is 0.706. The van der Waals surface area contributed by atoms with Crippen LogP contribution in [-0.2, 0) is 4.79 Å². The van der Waals surface area contributed by atoms with Crippen molar-refractivity contribution in [2.75, 3.05) is 26.2 Å². The molecule has 2 fully saturated rings. The predicted octanol–water partition coefficient (Wildman–Crippen LogP) is 1.24. The SMILES string of the molecule is C[C@H]1CCCN(C(=O)[C@H]2CCCNC2)C1. The van der Waals surface area contributed by atoms with E-state index < -0.39 is 0 Å². The Hall–Kier alpha value is -0.570. The van der Waals surface area contributed by atoms with Gasteiger partial charge in [-0.2, -0.15) is 0 Å². The molecular weight excluding hydrogens is 188 g/mol. The molecule has 0 bridgehead atoms. The van der Waals surface area contributed by atoms with Crippen molar-refractivity contribution >= 4 is 5.91 Å². The molecule has 2 aliphatic heterocycles. The van der Waals surface area contributed by atoms with Gasteiger partial charge in [0.25, 0.3) is 0 Å². The Morgan fingerprint density at radius 2 is 2.20 bits per heavy atom. The first-order chi connectivity index (χ1) is 7.27. The molecule has 2 aliphatic rings. The first-order valence-electron chi connectivity index (χ1n) is 6.27. The Balaban J connectivity index is 1.88. The van der Waals surface area contributed by atoms with E-state index >= 15 is 0 Å². The summed E-state index contributed by atoms with van der Waals surface area (Å²) in [6, 6.07) is 0. The van der Waals surface area contributed by atoms with Gasteiger partial charge in [0, 0.05) is 19.6 Å². The lowest BCUT2D eigenvalue weighted by Crippen LogP contribution is -2.46. The minimum atomic E-state index is 0.254. The highest BCUT2D eigenvalue weighted by Crippen LogP contribution is 2.20. The highest BCUT2D eigenvalue weighted by molar-refractivity contribution is 5.79. The van der Waals surface area contributed by atoms with Crippen LogP contribution in [0, 0.1) is 11.8 Å². The number of carbonyl (C=O) groups excluding carboxylic acids is 1. The molecule has 1 amide bonds. The summed E-state index contributed by atoms with van der Waals surface area (Å²) in [5.41, 5.74) is 0. The Kier molecular flexibility index (Phi) is 3.62. The minimum Gasteiger partial charge on any atom is -0.342 e. The smallest absolute Gasteiger partial charge is 0.226 e. The molecule has 3 nitrogen and oxygen atoms in total. The van der Waals surface area contributed by atoms with Crippen LogP contribution in [0.4, 0.5) is 0 Å². The first kappa shape index (κ1) is 10.9. The number of amides is 1. The van der Waals surface area contributed by atoms with Crippen LogP contribution in [0.5, 0.6) is 0 Å². The van der Waals surface area contributed by atoms with E-state index in [-0.39, 0.29) is 5.92 Å². The molecule has 3 heteroatoms. The highest BCUT2D eigenvalue weighted by Gasteiger charge is 2.28. The van der Waals surface area contributed by atoms with E-state index in [1.807, 2.05) is 0 Å². The molecular formula is C12H22N2O. The molecule has 15 heavy (non-hydrogen) atoms. The van der Waals surface area contributed by atoms with Crippen LogP contribution < -0.4 is 5.32 Å². The summed E-state index contributed by atoms with van der Waals surface area (Å²) in [4.78, 5) is 14.3. The maximum absolute atomic E-state index is 12.2. The second kappa shape index (κ2) is 4.97. The second-order valence-electron chi connectivity index (χ2n) is 5.07. The molecule has 0 radical (unpaired) electrons. The van der Waals surface area contributed by atoms with Gasteiger partial charge in [0.1, 0.15) is 0 Å². The van der Waals surface area contributed by atoms with E-state index in [9.17, 15) is 4.79 Å². The topological polar surface area (TPSA) is 32.3 Å². The van der Waals surface area contributed by atoms with Crippen LogP contribution in [0.15, 0.2) is 0 Å². The third-order valence-electron chi connectivity index (χ3n) is 3.61. The molecule has 0 aromatic rings. The van der Waals surface area contributed by atoms with E-state index in [0.717, 1.165) is 39.0 Å². The van der Waals surface area contributed by atoms with Crippen molar-refractivity contribution in [3.8, 4) is 0 Å². The van der Waals surface area contributed by atoms with Crippen molar-refractivity contribution in [3.63, 3.8) is 0 Å². The fraction of sp³-hybridized carbons (Fsp3) is 0.917. The zero-order valence-electron chi connectivity index (χ0n) is 9.67. The predicted molar refractivity (Wildman–Crippen MR) is 60.6 cm³/mol. The number of nitrogens with zero attached hydrogens (tertiary/aromatic N) is 1. The number of hydrogen-bond donors (Lipinski definition) is 1. The van der Waals surface area contributed by atoms with Crippen LogP contribution >= 0.6 is 0 Å². The standard InChI is InChI=1S/C12H22N2O/c1-10-4-3-7-14(9-10)12(15)11-5-2-6-13-8-11/h10-11,13H,2-9H2,1H3/t10-,11-/m0/s1. The minimum absolute atomic E-state index is 0.254. The molecule has 1 N–H and O–H groups in total. The second-order valence-corrected chi connectivity index (χ2v) is 5.07. The summed E-state index contributed by atoms with van der Waals surface area (Å²) in [7, 11) is 0. The van der Waals surface area contributed by atoms with Crippen molar-refractivity contribution in [1.29, 1.82) is 0 Å². The lowest BCUT2D eigenvalue weighted by Gasteiger charge is -2.34. The summed E-state index contributed by atoms with van der Waals surface area (Å²) < 4.78 is 0. The van der Waals surface area contributed by atoms with E-state index in [0.29, 0.717) is 11.8 Å². The lowest BCUT2D eigenvalue weighted by molar-refractivity contribution is -0.137. The third kappa shape index (κ3) is 2.71. The number of likely N-dealkylation sites (tertiary alicyclic amines) is 1. The summed E-state index contributed by atoms with van der Waals surface area (Å²) in [5, 5.41) is 3.32. The number of rotatable bonds is 1. The zero-order valence-corrected chi connectivity index (χ0v) is 9.67. The van der Waals surface area contributed by atoms with Crippen molar-refractivity contribution < 1.29 is 4.79 Å². The Bertz CT molecular complexity index is 224. The van der Waals surface area contributed by atoms with Crippen molar-refractivity contribution in [2.24, 2.45) is 11.8 Å². The van der Waals surface area contributed by atoms with Gasteiger partial charge in [0.15, 0.2) is 0 Å². The largest absolute Gasteiger partial charge is 0.342 e. The maximum atomic E-state index is 12.2. The van der Waals surface area contributed by atoms with Gasteiger partial charge < -0.3 is 10.2 Å². The summed E-state index contributed by atoms with van der Waals surface area (Å²) in [6.07, 6.45) is 4.70. The van der Waals surface area contributed by atoms with Gasteiger partial charge in [0.2, 0.25) is 5.91 Å². The number of carbonyl (C=O) groups is 1. The van der Waals surface area contributed by atoms with E-state index in [4.69, 9.17) is 0 Å². The zero-order chi connectivity index (χ0) is 10.7. The summed E-state index contributed by atoms with van der Waals surface area (Å²) >= 11 is 0. The molecule has 2 atom stereocenters. The Labute approximate surface area is 92.2 Å². The molecule has 0 aromatic carbocycles. The van der Waals surface area contributed by atoms with Gasteiger partial charge in [-0.15, -0.1) is 0 Å². The number of piperidine rings is 2. The molecule has 0 aliphatic carbocycles. The fourth-order valence-corrected chi connectivity index (χ4v) is 2.71. The molecule has 0 saturated carbocycles. The van der Waals surface area contributed by atoms with Crippen LogP contribution in [0.3, 0.4) is 0 Å². The van der Waals surface area contributed by atoms with Crippen LogP contribution in [0.2, 0.25) is 0 Å². The molecule has 86 valence electrons. The Morgan fingerprint density at radius 1 is 1.33 bits per heavy atom. The molecule has 0 unspecified atom stereocenters. The monoisotopic (exact) mass is 210 g/mol. The maximum Gasteiger partial charge on any atom is 0.226 e. The van der Waals surface area contributed by atoms with Gasteiger partial charge >= 0.3 is 0 Å². The van der Waals surface area contributed by atoms with Gasteiger partial charge in [-0.25, -0.2) is 0 Å². The van der Waals surface area contributed by atoms with Gasteiger partial charge in [0.05, 0.1) is 5.92 Å². The lowest BCUT2D eigenvalue weighted by atomic mass is 9.94. The summed E-state index contributed by atoms with van der Waals surface area (Å²) in [6.45, 7) is 6.19. The van der Waals surface area contributed by atoms with E-state index in [1.54, 1.807) is 0 Å². The molecule has 2 heterocycles. The van der Waals surface area contributed by atoms with Crippen molar-refractivity contribution in [3.05, 3.63) is 0 Å². The fourth-order valence-electron chi connectivity index (χ4n) is 2.71. The first-order valence-corrected chi connectivity index (χ1v) is 6.27. The third-order valence-corrected chi connectivity index (χ3v) is 3.61. The highest BCUT2D eigenvalue weighted by atomic mass is 16.2. The summed E-state index contributed by atoms with van der Waals surface area (Å²) in [5.74, 6) is 1.34. The van der Waals surface area contributed by atoms with Gasteiger partial charge in [-0.1, -0.05) is 6.92 Å². The Morgan fingerprint density at radius 3 is 2.87 bits per heavy atom. The molecule has 2 saturated heterocycles. The average molecular weight is 210 g/mol. The van der Waals surface area contributed by atoms with Crippen LogP contribution in [0.1, 0.15) is 32.6 Å². The van der Waals surface area contributed by atoms with E-state index in [1.165, 1.54) is 12.8 Å². The van der Waals surface area contributed by atoms with Gasteiger partial charge in [-0.3, -0.25) is 4.79 Å². The average Bonchev–Trinajstić information content (AvgIpc) is 2.29. The van der Waals surface area contributed by atoms with E-state index in [2.05, 4.69) is 17.1 Å². The molecule has 0 aromatic heterocycles. The number of hydrogen-bond acceptors (Lipinski definition) is 2. The molecule has 2 rings (SSSR count). The number of nitrogens with one attached hydrogen (secondary N) is 1. The van der Waals surface area contributed by atoms with Gasteiger partial charge in [-0.05, 0) is 38.1 Å². The van der Waals surface area contributed by atoms with Crippen molar-refractivity contribution in [1.82, 2.24) is 10.2 Å². The van der Waals surface area contributed by atoms with Crippen molar-refractivity contribution in [2.45, 2.75) is 32.6 Å². The molecule has 0 spiro atoms. The normalized spacial score (nSPS) is 32.7. The van der Waals surface area contributed by atoms with Crippen LogP contribution in [-0.4, -0.2) is 37.0 Å².